The Labute approximate surface area is 135 Å². The van der Waals surface area contributed by atoms with E-state index in [1.807, 2.05) is 0 Å². The van der Waals surface area contributed by atoms with Crippen molar-refractivity contribution in [3.05, 3.63) is 58.7 Å². The number of nitrogens with one attached hydrogen (secondary N) is 1. The Kier molecular flexibility index (Phi) is 5.23. The molecule has 120 valence electrons. The standard InChI is InChI=1S/C15H11ClF2N2O3/c1-8(14(21)20-12-6-5-9(16)7-19-12)23-15(22)13-10(17)3-2-4-11(13)18/h2-8H,1H3,(H,19,20,21)/t8-/m1/s1. The lowest BCUT2D eigenvalue weighted by molar-refractivity contribution is -0.123. The Morgan fingerprint density at radius 2 is 1.87 bits per heavy atom. The van der Waals surface area contributed by atoms with Crippen LogP contribution in [0, 0.1) is 11.6 Å². The third-order valence-electron chi connectivity index (χ3n) is 2.80. The molecule has 23 heavy (non-hydrogen) atoms. The van der Waals surface area contributed by atoms with Crippen LogP contribution >= 0.6 is 11.6 Å². The highest BCUT2D eigenvalue weighted by atomic mass is 35.5. The van der Waals surface area contributed by atoms with Crippen LogP contribution in [0.5, 0.6) is 0 Å². The molecule has 1 heterocycles. The summed E-state index contributed by atoms with van der Waals surface area (Å²) in [5, 5.41) is 2.77. The van der Waals surface area contributed by atoms with E-state index in [0.29, 0.717) is 5.02 Å². The maximum absolute atomic E-state index is 13.5. The monoisotopic (exact) mass is 340 g/mol. The van der Waals surface area contributed by atoms with Gasteiger partial charge in [-0.1, -0.05) is 17.7 Å². The smallest absolute Gasteiger partial charge is 0.344 e. The minimum atomic E-state index is -1.28. The molecule has 1 aromatic heterocycles. The van der Waals surface area contributed by atoms with Gasteiger partial charge in [-0.25, -0.2) is 18.6 Å². The van der Waals surface area contributed by atoms with Gasteiger partial charge in [-0.2, -0.15) is 0 Å². The minimum absolute atomic E-state index is 0.194. The van der Waals surface area contributed by atoms with Crippen LogP contribution in [0.15, 0.2) is 36.5 Å². The Bertz CT molecular complexity index is 718. The number of anilines is 1. The van der Waals surface area contributed by atoms with Crippen molar-refractivity contribution in [3.63, 3.8) is 0 Å². The zero-order chi connectivity index (χ0) is 17.0. The highest BCUT2D eigenvalue weighted by molar-refractivity contribution is 6.30. The molecule has 0 radical (unpaired) electrons. The average molecular weight is 341 g/mol. The lowest BCUT2D eigenvalue weighted by Gasteiger charge is -2.13. The topological polar surface area (TPSA) is 68.3 Å². The summed E-state index contributed by atoms with van der Waals surface area (Å²) in [6, 6.07) is 5.91. The number of ether oxygens (including phenoxy) is 1. The van der Waals surface area contributed by atoms with E-state index in [0.717, 1.165) is 18.2 Å². The van der Waals surface area contributed by atoms with E-state index in [4.69, 9.17) is 16.3 Å². The number of nitrogens with zero attached hydrogens (tertiary/aromatic N) is 1. The molecule has 2 aromatic rings. The molecule has 1 atom stereocenters. The van der Waals surface area contributed by atoms with E-state index < -0.39 is 35.2 Å². The molecule has 8 heteroatoms. The number of aromatic nitrogens is 1. The summed E-state index contributed by atoms with van der Waals surface area (Å²) in [7, 11) is 0. The first-order valence-corrected chi connectivity index (χ1v) is 6.83. The zero-order valence-corrected chi connectivity index (χ0v) is 12.6. The Morgan fingerprint density at radius 1 is 1.22 bits per heavy atom. The number of amides is 1. The van der Waals surface area contributed by atoms with E-state index in [2.05, 4.69) is 10.3 Å². The lowest BCUT2D eigenvalue weighted by atomic mass is 10.2. The number of carbonyl (C=O) groups is 2. The third kappa shape index (κ3) is 4.23. The summed E-state index contributed by atoms with van der Waals surface area (Å²) in [6.45, 7) is 1.27. The van der Waals surface area contributed by atoms with Gasteiger partial charge in [-0.3, -0.25) is 4.79 Å². The largest absolute Gasteiger partial charge is 0.449 e. The molecule has 0 aliphatic heterocycles. The Balaban J connectivity index is 2.03. The maximum Gasteiger partial charge on any atom is 0.344 e. The van der Waals surface area contributed by atoms with Crippen LogP contribution < -0.4 is 5.32 Å². The summed E-state index contributed by atoms with van der Waals surface area (Å²) in [6.07, 6.45) is 0.0433. The number of benzene rings is 1. The van der Waals surface area contributed by atoms with E-state index in [-0.39, 0.29) is 5.82 Å². The Hall–Kier alpha value is -2.54. The number of esters is 1. The molecule has 0 bridgehead atoms. The van der Waals surface area contributed by atoms with Crippen molar-refractivity contribution in [1.82, 2.24) is 4.98 Å². The third-order valence-corrected chi connectivity index (χ3v) is 3.02. The lowest BCUT2D eigenvalue weighted by Crippen LogP contribution is -2.30. The molecule has 1 N–H and O–H groups in total. The SMILES string of the molecule is C[C@@H](OC(=O)c1c(F)cccc1F)C(=O)Nc1ccc(Cl)cn1. The maximum atomic E-state index is 13.5. The van der Waals surface area contributed by atoms with Gasteiger partial charge < -0.3 is 10.1 Å². The highest BCUT2D eigenvalue weighted by Crippen LogP contribution is 2.15. The number of pyridine rings is 1. The predicted octanol–water partition coefficient (Wildman–Crippen LogP) is 3.20. The van der Waals surface area contributed by atoms with Crippen LogP contribution in [0.2, 0.25) is 5.02 Å². The normalized spacial score (nSPS) is 11.7. The fraction of sp³-hybridized carbons (Fsp3) is 0.133. The van der Waals surface area contributed by atoms with Crippen LogP contribution in [-0.4, -0.2) is 23.0 Å². The van der Waals surface area contributed by atoms with Gasteiger partial charge in [0.15, 0.2) is 6.10 Å². The molecule has 1 aromatic carbocycles. The first-order valence-electron chi connectivity index (χ1n) is 6.46. The summed E-state index contributed by atoms with van der Waals surface area (Å²) in [5.41, 5.74) is -0.850. The summed E-state index contributed by atoms with van der Waals surface area (Å²) in [5.74, 6) is -3.92. The molecule has 0 saturated carbocycles. The second kappa shape index (κ2) is 7.15. The van der Waals surface area contributed by atoms with Crippen molar-refractivity contribution in [3.8, 4) is 0 Å². The fourth-order valence-corrected chi connectivity index (χ4v) is 1.76. The average Bonchev–Trinajstić information content (AvgIpc) is 2.49. The van der Waals surface area contributed by atoms with Crippen LogP contribution in [0.25, 0.3) is 0 Å². The van der Waals surface area contributed by atoms with Crippen LogP contribution in [0.4, 0.5) is 14.6 Å². The quantitative estimate of drug-likeness (QED) is 0.868. The van der Waals surface area contributed by atoms with Crippen molar-refractivity contribution in [2.24, 2.45) is 0 Å². The van der Waals surface area contributed by atoms with Gasteiger partial charge in [0.05, 0.1) is 5.02 Å². The summed E-state index contributed by atoms with van der Waals surface area (Å²) < 4.78 is 31.7. The van der Waals surface area contributed by atoms with E-state index in [9.17, 15) is 18.4 Å². The molecule has 0 fully saturated rings. The summed E-state index contributed by atoms with van der Waals surface area (Å²) in [4.78, 5) is 27.5. The molecular formula is C15H11ClF2N2O3. The van der Waals surface area contributed by atoms with E-state index in [1.165, 1.54) is 25.3 Å². The van der Waals surface area contributed by atoms with Gasteiger partial charge >= 0.3 is 5.97 Å². The zero-order valence-electron chi connectivity index (χ0n) is 11.8. The van der Waals surface area contributed by atoms with Crippen molar-refractivity contribution < 1.29 is 23.1 Å². The van der Waals surface area contributed by atoms with Gasteiger partial charge in [-0.05, 0) is 31.2 Å². The van der Waals surface area contributed by atoms with Crippen LogP contribution in [0.3, 0.4) is 0 Å². The molecule has 2 rings (SSSR count). The van der Waals surface area contributed by atoms with Crippen molar-refractivity contribution in [1.29, 1.82) is 0 Å². The van der Waals surface area contributed by atoms with Crippen molar-refractivity contribution in [2.75, 3.05) is 5.32 Å². The van der Waals surface area contributed by atoms with E-state index >= 15 is 0 Å². The number of carbonyl (C=O) groups excluding carboxylic acids is 2. The molecular weight excluding hydrogens is 330 g/mol. The van der Waals surface area contributed by atoms with Gasteiger partial charge in [-0.15, -0.1) is 0 Å². The number of halogens is 3. The van der Waals surface area contributed by atoms with Crippen molar-refractivity contribution in [2.45, 2.75) is 13.0 Å². The molecule has 0 aliphatic rings. The highest BCUT2D eigenvalue weighted by Gasteiger charge is 2.24. The number of hydrogen-bond donors (Lipinski definition) is 1. The van der Waals surface area contributed by atoms with Gasteiger partial charge in [0.2, 0.25) is 0 Å². The Morgan fingerprint density at radius 3 is 2.43 bits per heavy atom. The second-order valence-electron chi connectivity index (χ2n) is 4.50. The molecule has 0 aliphatic carbocycles. The molecule has 0 saturated heterocycles. The first-order chi connectivity index (χ1) is 10.9. The molecule has 1 amide bonds. The number of hydrogen-bond acceptors (Lipinski definition) is 4. The molecule has 0 spiro atoms. The van der Waals surface area contributed by atoms with Crippen LogP contribution in [0.1, 0.15) is 17.3 Å². The van der Waals surface area contributed by atoms with Crippen LogP contribution in [-0.2, 0) is 9.53 Å². The van der Waals surface area contributed by atoms with Gasteiger partial charge in [0.1, 0.15) is 23.0 Å². The first kappa shape index (κ1) is 16.8. The van der Waals surface area contributed by atoms with Gasteiger partial charge in [0, 0.05) is 6.20 Å². The van der Waals surface area contributed by atoms with Gasteiger partial charge in [0.25, 0.3) is 5.91 Å². The minimum Gasteiger partial charge on any atom is -0.449 e. The summed E-state index contributed by atoms with van der Waals surface area (Å²) >= 11 is 5.66. The van der Waals surface area contributed by atoms with Crippen molar-refractivity contribution >= 4 is 29.3 Å². The molecule has 5 nitrogen and oxygen atoms in total. The molecule has 0 unspecified atom stereocenters. The fourth-order valence-electron chi connectivity index (χ4n) is 1.64. The number of rotatable bonds is 4. The second-order valence-corrected chi connectivity index (χ2v) is 4.93. The predicted molar refractivity (Wildman–Crippen MR) is 79.1 cm³/mol. The van der Waals surface area contributed by atoms with E-state index in [1.54, 1.807) is 0 Å².